The van der Waals surface area contributed by atoms with Gasteiger partial charge in [-0.15, -0.1) is 11.3 Å². The highest BCUT2D eigenvalue weighted by atomic mass is 32.1. The Morgan fingerprint density at radius 1 is 1.10 bits per heavy atom. The zero-order valence-corrected chi connectivity index (χ0v) is 17.1. The quantitative estimate of drug-likeness (QED) is 0.369. The molecule has 1 amide bonds. The Balaban J connectivity index is 1.52. The van der Waals surface area contributed by atoms with Gasteiger partial charge in [-0.1, -0.05) is 18.2 Å². The summed E-state index contributed by atoms with van der Waals surface area (Å²) in [4.78, 5) is 40.3. The fraction of sp³-hybridized carbons (Fsp3) is 0.0435. The summed E-state index contributed by atoms with van der Waals surface area (Å²) >= 11 is 1.30. The summed E-state index contributed by atoms with van der Waals surface area (Å²) in [6.07, 6.45) is 1.56. The van der Waals surface area contributed by atoms with Gasteiger partial charge in [-0.25, -0.2) is 14.6 Å². The van der Waals surface area contributed by atoms with Crippen LogP contribution in [0.5, 0.6) is 5.75 Å². The van der Waals surface area contributed by atoms with Crippen molar-refractivity contribution in [2.45, 2.75) is 6.92 Å². The van der Waals surface area contributed by atoms with Crippen LogP contribution in [0.3, 0.4) is 0 Å². The Kier molecular flexibility index (Phi) is 5.72. The number of benzene rings is 2. The van der Waals surface area contributed by atoms with E-state index in [2.05, 4.69) is 10.3 Å². The Labute approximate surface area is 181 Å². The highest BCUT2D eigenvalue weighted by Crippen LogP contribution is 2.23. The summed E-state index contributed by atoms with van der Waals surface area (Å²) in [5.41, 5.74) is 1.99. The van der Waals surface area contributed by atoms with Gasteiger partial charge in [-0.05, 0) is 59.5 Å². The number of carbonyl (C=O) groups is 3. The van der Waals surface area contributed by atoms with E-state index < -0.39 is 11.9 Å². The Bertz CT molecular complexity index is 1210. The van der Waals surface area contributed by atoms with Gasteiger partial charge in [-0.3, -0.25) is 4.79 Å². The smallest absolute Gasteiger partial charge is 0.363 e. The second kappa shape index (κ2) is 8.76. The van der Waals surface area contributed by atoms with Crippen LogP contribution in [0, 0.1) is 0 Å². The lowest BCUT2D eigenvalue weighted by Crippen LogP contribution is -2.07. The molecule has 0 saturated carbocycles. The monoisotopic (exact) mass is 432 g/mol. The van der Waals surface area contributed by atoms with Crippen LogP contribution in [0.2, 0.25) is 0 Å². The van der Waals surface area contributed by atoms with Crippen LogP contribution in [0.25, 0.3) is 6.08 Å². The molecule has 0 spiro atoms. The number of hydrogen-bond acceptors (Lipinski definition) is 7. The van der Waals surface area contributed by atoms with Crippen molar-refractivity contribution >= 4 is 46.8 Å². The largest absolute Gasteiger partial charge is 0.422 e. The molecule has 0 unspecified atom stereocenters. The first-order valence-electron chi connectivity index (χ1n) is 9.24. The number of esters is 2. The second-order valence-corrected chi connectivity index (χ2v) is 7.48. The van der Waals surface area contributed by atoms with Crippen molar-refractivity contribution in [2.75, 3.05) is 5.32 Å². The molecule has 0 atom stereocenters. The van der Waals surface area contributed by atoms with Crippen molar-refractivity contribution in [3.05, 3.63) is 87.7 Å². The van der Waals surface area contributed by atoms with Gasteiger partial charge in [0.05, 0.1) is 0 Å². The molecule has 0 radical (unpaired) electrons. The Morgan fingerprint density at radius 3 is 2.61 bits per heavy atom. The lowest BCUT2D eigenvalue weighted by molar-refractivity contribution is -0.129. The summed E-state index contributed by atoms with van der Waals surface area (Å²) < 4.78 is 10.6. The molecule has 0 bridgehead atoms. The number of nitrogens with zero attached hydrogens (tertiary/aromatic N) is 1. The first kappa shape index (κ1) is 20.2. The van der Waals surface area contributed by atoms with Crippen LogP contribution in [-0.2, 0) is 14.3 Å². The number of amides is 1. The van der Waals surface area contributed by atoms with Gasteiger partial charge < -0.3 is 14.8 Å². The van der Waals surface area contributed by atoms with E-state index >= 15 is 0 Å². The number of anilines is 1. The normalized spacial score (nSPS) is 14.2. The van der Waals surface area contributed by atoms with Crippen molar-refractivity contribution in [3.8, 4) is 5.75 Å². The minimum atomic E-state index is -0.582. The summed E-state index contributed by atoms with van der Waals surface area (Å²) in [6, 6.07) is 17.0. The van der Waals surface area contributed by atoms with Crippen LogP contribution >= 0.6 is 11.3 Å². The van der Waals surface area contributed by atoms with Crippen molar-refractivity contribution in [1.29, 1.82) is 0 Å². The summed E-state index contributed by atoms with van der Waals surface area (Å²) in [5, 5.41) is 4.46. The highest BCUT2D eigenvalue weighted by molar-refractivity contribution is 7.12. The van der Waals surface area contributed by atoms with Crippen LogP contribution in [0.4, 0.5) is 5.69 Å². The standard InChI is InChI=1S/C23H16N2O5S/c1-14(26)24-17-9-7-16(8-10-17)21-25-19(22(27)30-21)13-15-4-2-5-18(12-15)29-23(28)20-6-3-11-31-20/h2-13H,1H3,(H,24,26). The SMILES string of the molecule is CC(=O)Nc1ccc(C2=NC(=Cc3cccc(OC(=O)c4cccs4)c3)C(=O)O2)cc1. The maximum Gasteiger partial charge on any atom is 0.363 e. The average molecular weight is 432 g/mol. The molecule has 1 N–H and O–H groups in total. The van der Waals surface area contributed by atoms with Gasteiger partial charge in [0.25, 0.3) is 0 Å². The third-order valence-electron chi connectivity index (χ3n) is 4.17. The average Bonchev–Trinajstić information content (AvgIpc) is 3.39. The molecule has 7 nitrogen and oxygen atoms in total. The molecular weight excluding hydrogens is 416 g/mol. The molecule has 31 heavy (non-hydrogen) atoms. The van der Waals surface area contributed by atoms with Crippen LogP contribution in [0.1, 0.15) is 27.7 Å². The van der Waals surface area contributed by atoms with Crippen molar-refractivity contribution < 1.29 is 23.9 Å². The number of hydrogen-bond donors (Lipinski definition) is 1. The summed E-state index contributed by atoms with van der Waals surface area (Å²) in [6.45, 7) is 1.42. The highest BCUT2D eigenvalue weighted by Gasteiger charge is 2.24. The predicted octanol–water partition coefficient (Wildman–Crippen LogP) is 4.27. The number of ether oxygens (including phenoxy) is 2. The van der Waals surface area contributed by atoms with E-state index in [9.17, 15) is 14.4 Å². The van der Waals surface area contributed by atoms with Gasteiger partial charge in [0, 0.05) is 18.2 Å². The lowest BCUT2D eigenvalue weighted by atomic mass is 10.2. The number of thiophene rings is 1. The van der Waals surface area contributed by atoms with E-state index in [4.69, 9.17) is 9.47 Å². The maximum absolute atomic E-state index is 12.2. The fourth-order valence-electron chi connectivity index (χ4n) is 2.81. The zero-order chi connectivity index (χ0) is 21.8. The molecule has 0 saturated heterocycles. The molecule has 2 aromatic carbocycles. The Morgan fingerprint density at radius 2 is 1.90 bits per heavy atom. The number of rotatable bonds is 5. The van der Waals surface area contributed by atoms with Crippen molar-refractivity contribution in [2.24, 2.45) is 4.99 Å². The lowest BCUT2D eigenvalue weighted by Gasteiger charge is -2.03. The van der Waals surface area contributed by atoms with E-state index in [1.807, 2.05) is 0 Å². The number of nitrogens with one attached hydrogen (secondary N) is 1. The van der Waals surface area contributed by atoms with Crippen molar-refractivity contribution in [3.63, 3.8) is 0 Å². The molecule has 3 aromatic rings. The molecular formula is C23H16N2O5S. The van der Waals surface area contributed by atoms with Gasteiger partial charge >= 0.3 is 11.9 Å². The van der Waals surface area contributed by atoms with Crippen molar-refractivity contribution in [1.82, 2.24) is 0 Å². The van der Waals surface area contributed by atoms with E-state index in [1.165, 1.54) is 18.3 Å². The Hall–Kier alpha value is -4.04. The van der Waals surface area contributed by atoms with Gasteiger partial charge in [0.15, 0.2) is 5.70 Å². The van der Waals surface area contributed by atoms with E-state index in [-0.39, 0.29) is 17.5 Å². The minimum absolute atomic E-state index is 0.127. The number of aliphatic imine (C=N–C) groups is 1. The van der Waals surface area contributed by atoms with E-state index in [0.717, 1.165) is 0 Å². The maximum atomic E-state index is 12.2. The third-order valence-corrected chi connectivity index (χ3v) is 5.02. The third kappa shape index (κ3) is 4.93. The first-order chi connectivity index (χ1) is 15.0. The first-order valence-corrected chi connectivity index (χ1v) is 10.1. The molecule has 154 valence electrons. The van der Waals surface area contributed by atoms with Crippen LogP contribution < -0.4 is 10.1 Å². The second-order valence-electron chi connectivity index (χ2n) is 6.53. The molecule has 2 heterocycles. The van der Waals surface area contributed by atoms with Gasteiger partial charge in [-0.2, -0.15) is 0 Å². The van der Waals surface area contributed by atoms with E-state index in [0.29, 0.717) is 27.4 Å². The molecule has 4 rings (SSSR count). The molecule has 0 fully saturated rings. The zero-order valence-electron chi connectivity index (χ0n) is 16.3. The number of cyclic esters (lactones) is 1. The topological polar surface area (TPSA) is 94.1 Å². The summed E-state index contributed by atoms with van der Waals surface area (Å²) in [5.74, 6) is -0.668. The molecule has 8 heteroatoms. The predicted molar refractivity (Wildman–Crippen MR) is 117 cm³/mol. The minimum Gasteiger partial charge on any atom is -0.422 e. The molecule has 0 aliphatic carbocycles. The van der Waals surface area contributed by atoms with Crippen LogP contribution in [0.15, 0.2) is 76.7 Å². The summed E-state index contributed by atoms with van der Waals surface area (Å²) in [7, 11) is 0. The number of carbonyl (C=O) groups excluding carboxylic acids is 3. The van der Waals surface area contributed by atoms with Gasteiger partial charge in [0.2, 0.25) is 11.8 Å². The molecule has 1 aromatic heterocycles. The van der Waals surface area contributed by atoms with E-state index in [1.54, 1.807) is 72.1 Å². The molecule has 1 aliphatic rings. The fourth-order valence-corrected chi connectivity index (χ4v) is 3.41. The molecule has 1 aliphatic heterocycles. The van der Waals surface area contributed by atoms with Gasteiger partial charge in [0.1, 0.15) is 10.6 Å². The van der Waals surface area contributed by atoms with Crippen LogP contribution in [-0.4, -0.2) is 23.7 Å².